The van der Waals surface area contributed by atoms with E-state index in [2.05, 4.69) is 15.9 Å². The third-order valence-electron chi connectivity index (χ3n) is 1.83. The molecular weight excluding hydrogens is 246 g/mol. The number of carbonyl (C=O) groups is 1. The summed E-state index contributed by atoms with van der Waals surface area (Å²) in [5.41, 5.74) is 0.690. The molecule has 0 atom stereocenters. The van der Waals surface area contributed by atoms with Crippen molar-refractivity contribution in [2.45, 2.75) is 19.9 Å². The summed E-state index contributed by atoms with van der Waals surface area (Å²) in [4.78, 5) is 12.3. The van der Waals surface area contributed by atoms with Crippen molar-refractivity contribution >= 4 is 27.7 Å². The third kappa shape index (κ3) is 2.48. The Morgan fingerprint density at radius 2 is 1.86 bits per heavy atom. The van der Waals surface area contributed by atoms with E-state index < -0.39 is 6.09 Å². The van der Waals surface area contributed by atoms with Gasteiger partial charge >= 0.3 is 6.09 Å². The Hall–Kier alpha value is -1.03. The first-order valence-electron chi connectivity index (χ1n) is 4.30. The Balaban J connectivity index is 3.00. The van der Waals surface area contributed by atoms with Gasteiger partial charge in [-0.05, 0) is 38.1 Å². The second-order valence-electron chi connectivity index (χ2n) is 3.22. The molecule has 0 aliphatic rings. The van der Waals surface area contributed by atoms with Crippen LogP contribution in [0.3, 0.4) is 0 Å². The molecule has 0 heterocycles. The molecule has 0 aromatic heterocycles. The average Bonchev–Trinajstić information content (AvgIpc) is 2.07. The van der Waals surface area contributed by atoms with Crippen molar-refractivity contribution in [3.8, 4) is 0 Å². The fourth-order valence-electron chi connectivity index (χ4n) is 1.23. The van der Waals surface area contributed by atoms with E-state index in [0.717, 1.165) is 4.47 Å². The summed E-state index contributed by atoms with van der Waals surface area (Å²) >= 11 is 3.30. The van der Waals surface area contributed by atoms with Gasteiger partial charge in [0.1, 0.15) is 0 Å². The van der Waals surface area contributed by atoms with Gasteiger partial charge in [-0.15, -0.1) is 0 Å². The van der Waals surface area contributed by atoms with E-state index in [-0.39, 0.29) is 6.04 Å². The minimum atomic E-state index is -0.928. The number of benzene rings is 1. The molecule has 0 saturated heterocycles. The Morgan fingerprint density at radius 1 is 1.36 bits per heavy atom. The van der Waals surface area contributed by atoms with Crippen LogP contribution in [0.4, 0.5) is 10.5 Å². The van der Waals surface area contributed by atoms with Gasteiger partial charge in [0, 0.05) is 16.2 Å². The van der Waals surface area contributed by atoms with Gasteiger partial charge in [0.2, 0.25) is 0 Å². The predicted molar refractivity (Wildman–Crippen MR) is 59.8 cm³/mol. The number of hydrogen-bond donors (Lipinski definition) is 1. The fraction of sp³-hybridized carbons (Fsp3) is 0.300. The number of hydrogen-bond acceptors (Lipinski definition) is 1. The van der Waals surface area contributed by atoms with Crippen molar-refractivity contribution < 1.29 is 9.90 Å². The summed E-state index contributed by atoms with van der Waals surface area (Å²) in [5.74, 6) is 0. The second kappa shape index (κ2) is 4.46. The van der Waals surface area contributed by atoms with Crippen LogP contribution in [0.5, 0.6) is 0 Å². The number of nitrogens with zero attached hydrogens (tertiary/aromatic N) is 1. The van der Waals surface area contributed by atoms with E-state index in [9.17, 15) is 4.79 Å². The maximum atomic E-state index is 10.9. The molecule has 1 amide bonds. The smallest absolute Gasteiger partial charge is 0.412 e. The van der Waals surface area contributed by atoms with E-state index in [1.807, 2.05) is 26.0 Å². The lowest BCUT2D eigenvalue weighted by atomic mass is 10.2. The van der Waals surface area contributed by atoms with Crippen LogP contribution in [0, 0.1) is 0 Å². The molecule has 1 aromatic carbocycles. The van der Waals surface area contributed by atoms with Gasteiger partial charge < -0.3 is 5.11 Å². The van der Waals surface area contributed by atoms with E-state index in [1.165, 1.54) is 4.90 Å². The molecule has 1 aromatic rings. The number of carboxylic acid groups (broad SMARTS) is 1. The molecule has 0 radical (unpaired) electrons. The van der Waals surface area contributed by atoms with E-state index in [0.29, 0.717) is 5.69 Å². The number of anilines is 1. The normalized spacial score (nSPS) is 10.3. The monoisotopic (exact) mass is 257 g/mol. The summed E-state index contributed by atoms with van der Waals surface area (Å²) < 4.78 is 0.940. The Kier molecular flexibility index (Phi) is 3.52. The molecule has 0 aliphatic carbocycles. The number of rotatable bonds is 2. The Labute approximate surface area is 91.5 Å². The van der Waals surface area contributed by atoms with Crippen LogP contribution in [0.25, 0.3) is 0 Å². The lowest BCUT2D eigenvalue weighted by Crippen LogP contribution is -2.35. The zero-order valence-corrected chi connectivity index (χ0v) is 9.65. The SMILES string of the molecule is CC(C)N(C(=O)O)c1ccc(Br)cc1. The van der Waals surface area contributed by atoms with E-state index in [4.69, 9.17) is 5.11 Å². The van der Waals surface area contributed by atoms with E-state index in [1.54, 1.807) is 12.1 Å². The molecule has 1 N–H and O–H groups in total. The average molecular weight is 258 g/mol. The van der Waals surface area contributed by atoms with Crippen LogP contribution in [0.2, 0.25) is 0 Å². The highest BCUT2D eigenvalue weighted by molar-refractivity contribution is 9.10. The Bertz CT molecular complexity index is 321. The minimum absolute atomic E-state index is 0.0614. The Morgan fingerprint density at radius 3 is 2.21 bits per heavy atom. The van der Waals surface area contributed by atoms with E-state index >= 15 is 0 Å². The van der Waals surface area contributed by atoms with Crippen LogP contribution < -0.4 is 4.90 Å². The molecule has 0 spiro atoms. The first-order valence-corrected chi connectivity index (χ1v) is 5.09. The highest BCUT2D eigenvalue weighted by atomic mass is 79.9. The maximum absolute atomic E-state index is 10.9. The molecule has 1 rings (SSSR count). The second-order valence-corrected chi connectivity index (χ2v) is 4.14. The molecule has 0 fully saturated rings. The molecule has 14 heavy (non-hydrogen) atoms. The first kappa shape index (κ1) is 11.0. The predicted octanol–water partition coefficient (Wildman–Crippen LogP) is 3.34. The van der Waals surface area contributed by atoms with Crippen LogP contribution in [0.15, 0.2) is 28.7 Å². The zero-order valence-electron chi connectivity index (χ0n) is 8.07. The highest BCUT2D eigenvalue weighted by Crippen LogP contribution is 2.20. The summed E-state index contributed by atoms with van der Waals surface area (Å²) in [5, 5.41) is 8.98. The quantitative estimate of drug-likeness (QED) is 0.883. The van der Waals surface area contributed by atoms with Crippen molar-refractivity contribution in [2.24, 2.45) is 0 Å². The summed E-state index contributed by atoms with van der Waals surface area (Å²) in [7, 11) is 0. The summed E-state index contributed by atoms with van der Waals surface area (Å²) in [6.07, 6.45) is -0.928. The van der Waals surface area contributed by atoms with Gasteiger partial charge in [0.25, 0.3) is 0 Å². The molecule has 0 saturated carbocycles. The van der Waals surface area contributed by atoms with Gasteiger partial charge in [-0.3, -0.25) is 4.90 Å². The molecule has 3 nitrogen and oxygen atoms in total. The lowest BCUT2D eigenvalue weighted by Gasteiger charge is -2.23. The van der Waals surface area contributed by atoms with Crippen LogP contribution in [-0.2, 0) is 0 Å². The van der Waals surface area contributed by atoms with Gasteiger partial charge in [-0.1, -0.05) is 15.9 Å². The number of amides is 1. The van der Waals surface area contributed by atoms with Gasteiger partial charge in [0.05, 0.1) is 0 Å². The lowest BCUT2D eigenvalue weighted by molar-refractivity contribution is 0.200. The number of halogens is 1. The molecule has 0 aliphatic heterocycles. The van der Waals surface area contributed by atoms with Crippen LogP contribution >= 0.6 is 15.9 Å². The molecule has 0 unspecified atom stereocenters. The molecular formula is C10H12BrNO2. The van der Waals surface area contributed by atoms with Crippen LogP contribution in [-0.4, -0.2) is 17.2 Å². The maximum Gasteiger partial charge on any atom is 0.412 e. The molecule has 4 heteroatoms. The van der Waals surface area contributed by atoms with Gasteiger partial charge in [-0.25, -0.2) is 4.79 Å². The van der Waals surface area contributed by atoms with Crippen molar-refractivity contribution in [3.63, 3.8) is 0 Å². The summed E-state index contributed by atoms with van der Waals surface area (Å²) in [6, 6.07) is 7.14. The van der Waals surface area contributed by atoms with Crippen molar-refractivity contribution in [2.75, 3.05) is 4.90 Å². The standard InChI is InChI=1S/C10H12BrNO2/c1-7(2)12(10(13)14)9-5-3-8(11)4-6-9/h3-7H,1-2H3,(H,13,14). The van der Waals surface area contributed by atoms with Crippen molar-refractivity contribution in [3.05, 3.63) is 28.7 Å². The molecule has 76 valence electrons. The topological polar surface area (TPSA) is 40.5 Å². The van der Waals surface area contributed by atoms with Crippen molar-refractivity contribution in [1.82, 2.24) is 0 Å². The van der Waals surface area contributed by atoms with Gasteiger partial charge in [-0.2, -0.15) is 0 Å². The minimum Gasteiger partial charge on any atom is -0.465 e. The largest absolute Gasteiger partial charge is 0.465 e. The third-order valence-corrected chi connectivity index (χ3v) is 2.36. The fourth-order valence-corrected chi connectivity index (χ4v) is 1.50. The van der Waals surface area contributed by atoms with Crippen LogP contribution in [0.1, 0.15) is 13.8 Å². The first-order chi connectivity index (χ1) is 6.52. The zero-order chi connectivity index (χ0) is 10.7. The van der Waals surface area contributed by atoms with Crippen molar-refractivity contribution in [1.29, 1.82) is 0 Å². The highest BCUT2D eigenvalue weighted by Gasteiger charge is 2.17. The molecule has 0 bridgehead atoms. The summed E-state index contributed by atoms with van der Waals surface area (Å²) in [6.45, 7) is 3.69. The van der Waals surface area contributed by atoms with Gasteiger partial charge in [0.15, 0.2) is 0 Å².